The number of halogens is 1. The summed E-state index contributed by atoms with van der Waals surface area (Å²) >= 11 is 0. The number of unbranched alkanes of at least 4 members (excludes halogenated alkanes) is 1. The zero-order valence-corrected chi connectivity index (χ0v) is 8.65. The van der Waals surface area contributed by atoms with Crippen LogP contribution in [0.4, 0.5) is 10.1 Å². The summed E-state index contributed by atoms with van der Waals surface area (Å²) in [5, 5.41) is 19.9. The summed E-state index contributed by atoms with van der Waals surface area (Å²) in [7, 11) is 0. The summed E-state index contributed by atoms with van der Waals surface area (Å²) in [5.74, 6) is -1.47. The summed E-state index contributed by atoms with van der Waals surface area (Å²) < 4.78 is 13.1. The molecule has 0 aliphatic heterocycles. The van der Waals surface area contributed by atoms with Gasteiger partial charge < -0.3 is 10.8 Å². The van der Waals surface area contributed by atoms with Gasteiger partial charge in [0.15, 0.2) is 11.6 Å². The number of hydrogen-bond donors (Lipinski definition) is 2. The predicted molar refractivity (Wildman–Crippen MR) is 56.7 cm³/mol. The van der Waals surface area contributed by atoms with E-state index in [9.17, 15) is 19.6 Å². The van der Waals surface area contributed by atoms with E-state index < -0.39 is 16.5 Å². The highest BCUT2D eigenvalue weighted by Crippen LogP contribution is 2.28. The Balaban J connectivity index is 2.93. The fourth-order valence-corrected chi connectivity index (χ4v) is 1.40. The molecular weight excluding hydrogens is 215 g/mol. The molecule has 3 N–H and O–H groups in total. The minimum Gasteiger partial charge on any atom is -0.505 e. The lowest BCUT2D eigenvalue weighted by Crippen LogP contribution is -2.00. The van der Waals surface area contributed by atoms with Crippen LogP contribution in [-0.4, -0.2) is 16.6 Å². The summed E-state index contributed by atoms with van der Waals surface area (Å²) in [6.07, 6.45) is 1.76. The number of hydrogen-bond acceptors (Lipinski definition) is 4. The van der Waals surface area contributed by atoms with Gasteiger partial charge in [0.2, 0.25) is 0 Å². The first-order chi connectivity index (χ1) is 7.56. The monoisotopic (exact) mass is 228 g/mol. The molecule has 0 aromatic heterocycles. The van der Waals surface area contributed by atoms with E-state index in [0.717, 1.165) is 6.42 Å². The van der Waals surface area contributed by atoms with E-state index in [0.29, 0.717) is 25.5 Å². The molecule has 16 heavy (non-hydrogen) atoms. The molecule has 0 aliphatic rings. The van der Waals surface area contributed by atoms with Crippen LogP contribution in [0.2, 0.25) is 0 Å². The first-order valence-electron chi connectivity index (χ1n) is 4.92. The smallest absolute Gasteiger partial charge is 0.272 e. The molecule has 0 amide bonds. The van der Waals surface area contributed by atoms with Gasteiger partial charge in [-0.05, 0) is 25.8 Å². The van der Waals surface area contributed by atoms with Gasteiger partial charge in [0.1, 0.15) is 0 Å². The Labute approximate surface area is 91.8 Å². The van der Waals surface area contributed by atoms with Crippen molar-refractivity contribution in [1.82, 2.24) is 0 Å². The number of aromatic hydroxyl groups is 1. The third-order valence-electron chi connectivity index (χ3n) is 2.24. The van der Waals surface area contributed by atoms with E-state index in [1.807, 2.05) is 0 Å². The third-order valence-corrected chi connectivity index (χ3v) is 2.24. The van der Waals surface area contributed by atoms with E-state index in [2.05, 4.69) is 0 Å². The molecule has 5 nitrogen and oxygen atoms in total. The highest BCUT2D eigenvalue weighted by atomic mass is 19.1. The summed E-state index contributed by atoms with van der Waals surface area (Å²) in [6, 6.07) is 1.90. The molecule has 0 bridgehead atoms. The summed E-state index contributed by atoms with van der Waals surface area (Å²) in [6.45, 7) is 0.498. The van der Waals surface area contributed by atoms with Crippen LogP contribution >= 0.6 is 0 Å². The van der Waals surface area contributed by atoms with Gasteiger partial charge in [0.25, 0.3) is 5.69 Å². The fraction of sp³-hybridized carbons (Fsp3) is 0.400. The Bertz CT molecular complexity index is 396. The van der Waals surface area contributed by atoms with Gasteiger partial charge >= 0.3 is 0 Å². The van der Waals surface area contributed by atoms with Crippen LogP contribution in [0, 0.1) is 15.9 Å². The van der Waals surface area contributed by atoms with Crippen molar-refractivity contribution in [3.8, 4) is 5.75 Å². The number of benzene rings is 1. The molecule has 0 aliphatic carbocycles. The predicted octanol–water partition coefficient (Wildman–Crippen LogP) is 1.72. The lowest BCUT2D eigenvalue weighted by atomic mass is 10.1. The van der Waals surface area contributed by atoms with E-state index in [1.54, 1.807) is 0 Å². The van der Waals surface area contributed by atoms with Crippen LogP contribution in [-0.2, 0) is 6.42 Å². The first-order valence-corrected chi connectivity index (χ1v) is 4.92. The van der Waals surface area contributed by atoms with Crippen molar-refractivity contribution in [3.05, 3.63) is 33.6 Å². The maximum atomic E-state index is 13.1. The van der Waals surface area contributed by atoms with Crippen molar-refractivity contribution in [3.63, 3.8) is 0 Å². The molecule has 0 heterocycles. The number of nitrogens with zero attached hydrogens (tertiary/aromatic N) is 1. The standard InChI is InChI=1S/C10H13FN2O3/c11-9-6-8(13(15)16)5-7(10(9)14)3-1-2-4-12/h5-6,14H,1-4,12H2. The van der Waals surface area contributed by atoms with Crippen LogP contribution in [0.1, 0.15) is 18.4 Å². The van der Waals surface area contributed by atoms with Crippen LogP contribution in [0.5, 0.6) is 5.75 Å². The molecule has 0 atom stereocenters. The van der Waals surface area contributed by atoms with Crippen LogP contribution in [0.25, 0.3) is 0 Å². The van der Waals surface area contributed by atoms with Crippen molar-refractivity contribution in [2.24, 2.45) is 5.73 Å². The molecule has 0 spiro atoms. The molecule has 88 valence electrons. The quantitative estimate of drug-likeness (QED) is 0.456. The molecule has 0 saturated heterocycles. The van der Waals surface area contributed by atoms with E-state index in [4.69, 9.17) is 5.73 Å². The van der Waals surface area contributed by atoms with Crippen LogP contribution in [0.15, 0.2) is 12.1 Å². The number of nitro groups is 1. The number of phenolic OH excluding ortho intramolecular Hbond substituents is 1. The summed E-state index contributed by atoms with van der Waals surface area (Å²) in [4.78, 5) is 9.80. The number of phenols is 1. The zero-order valence-electron chi connectivity index (χ0n) is 8.65. The van der Waals surface area contributed by atoms with Crippen molar-refractivity contribution < 1.29 is 14.4 Å². The lowest BCUT2D eigenvalue weighted by molar-refractivity contribution is -0.385. The average molecular weight is 228 g/mol. The number of nitrogens with two attached hydrogens (primary N) is 1. The molecule has 6 heteroatoms. The highest BCUT2D eigenvalue weighted by Gasteiger charge is 2.15. The maximum absolute atomic E-state index is 13.1. The van der Waals surface area contributed by atoms with Gasteiger partial charge in [-0.2, -0.15) is 0 Å². The average Bonchev–Trinajstić information content (AvgIpc) is 2.24. The second kappa shape index (κ2) is 5.41. The second-order valence-electron chi connectivity index (χ2n) is 3.44. The first kappa shape index (κ1) is 12.4. The van der Waals surface area contributed by atoms with Gasteiger partial charge in [-0.25, -0.2) is 4.39 Å². The number of aryl methyl sites for hydroxylation is 1. The molecule has 0 fully saturated rings. The Morgan fingerprint density at radius 3 is 2.69 bits per heavy atom. The van der Waals surface area contributed by atoms with Gasteiger partial charge in [-0.1, -0.05) is 0 Å². The Hall–Kier alpha value is -1.69. The van der Waals surface area contributed by atoms with Gasteiger partial charge in [-0.3, -0.25) is 10.1 Å². The van der Waals surface area contributed by atoms with Crippen molar-refractivity contribution in [2.45, 2.75) is 19.3 Å². The second-order valence-corrected chi connectivity index (χ2v) is 3.44. The van der Waals surface area contributed by atoms with E-state index >= 15 is 0 Å². The largest absolute Gasteiger partial charge is 0.505 e. The van der Waals surface area contributed by atoms with Crippen LogP contribution < -0.4 is 5.73 Å². The van der Waals surface area contributed by atoms with Crippen molar-refractivity contribution in [2.75, 3.05) is 6.54 Å². The normalized spacial score (nSPS) is 10.4. The number of rotatable bonds is 5. The third kappa shape index (κ3) is 2.90. The van der Waals surface area contributed by atoms with Crippen molar-refractivity contribution in [1.29, 1.82) is 0 Å². The molecular formula is C10H13FN2O3. The molecule has 1 aromatic rings. The van der Waals surface area contributed by atoms with E-state index in [-0.39, 0.29) is 11.3 Å². The number of non-ortho nitro benzene ring substituents is 1. The molecule has 1 aromatic carbocycles. The topological polar surface area (TPSA) is 89.4 Å². The number of nitro benzene ring substituents is 1. The van der Waals surface area contributed by atoms with E-state index in [1.165, 1.54) is 6.07 Å². The molecule has 1 rings (SSSR count). The van der Waals surface area contributed by atoms with Gasteiger partial charge in [0, 0.05) is 11.6 Å². The SMILES string of the molecule is NCCCCc1cc([N+](=O)[O-])cc(F)c1O. The van der Waals surface area contributed by atoms with Gasteiger partial charge in [0.05, 0.1) is 11.0 Å². The lowest BCUT2D eigenvalue weighted by Gasteiger charge is -2.05. The highest BCUT2D eigenvalue weighted by molar-refractivity contribution is 5.44. The van der Waals surface area contributed by atoms with Crippen LogP contribution in [0.3, 0.4) is 0 Å². The zero-order chi connectivity index (χ0) is 12.1. The Kier molecular flexibility index (Phi) is 4.19. The maximum Gasteiger partial charge on any atom is 0.272 e. The molecule has 0 saturated carbocycles. The minimum atomic E-state index is -0.961. The Morgan fingerprint density at radius 2 is 2.12 bits per heavy atom. The fourth-order valence-electron chi connectivity index (χ4n) is 1.40. The molecule has 0 unspecified atom stereocenters. The summed E-state index contributed by atoms with van der Waals surface area (Å²) in [5.41, 5.74) is 5.20. The Morgan fingerprint density at radius 1 is 1.44 bits per heavy atom. The van der Waals surface area contributed by atoms with Crippen molar-refractivity contribution >= 4 is 5.69 Å². The van der Waals surface area contributed by atoms with Gasteiger partial charge in [-0.15, -0.1) is 0 Å². The molecule has 0 radical (unpaired) electrons. The minimum absolute atomic E-state index is 0.250.